The molecule has 3 fully saturated rings. The van der Waals surface area contributed by atoms with Crippen LogP contribution in [0.1, 0.15) is 101 Å². The lowest BCUT2D eigenvalue weighted by atomic mass is 9.98. The number of phenolic OH excluding ortho intramolecular Hbond substituents is 1. The number of ether oxygens (including phenoxy) is 2. The minimum atomic E-state index is -1.98. The number of phenols is 1. The molecule has 35 nitrogen and oxygen atoms in total. The van der Waals surface area contributed by atoms with Gasteiger partial charge in [-0.05, 0) is 85.7 Å². The first-order valence-corrected chi connectivity index (χ1v) is 35.1. The number of nitrogens with two attached hydrogens (primary N) is 4. The smallest absolute Gasteiger partial charge is 0.246 e. The van der Waals surface area contributed by atoms with Crippen LogP contribution in [-0.4, -0.2) is 229 Å². The van der Waals surface area contributed by atoms with E-state index >= 15 is 19.2 Å². The third-order valence-electron chi connectivity index (χ3n) is 18.1. The molecule has 0 saturated carbocycles. The molecule has 15 atom stereocenters. The van der Waals surface area contributed by atoms with E-state index in [0.717, 1.165) is 0 Å². The number of nitrogens with one attached hydrogen (secondary N) is 9. The van der Waals surface area contributed by atoms with E-state index in [4.69, 9.17) is 32.4 Å². The maximum atomic E-state index is 15.3. The second-order valence-electron chi connectivity index (χ2n) is 27.2. The van der Waals surface area contributed by atoms with Crippen molar-refractivity contribution < 1.29 is 87.4 Å². The molecule has 3 saturated heterocycles. The van der Waals surface area contributed by atoms with E-state index in [1.54, 1.807) is 88.4 Å². The molecule has 0 unspecified atom stereocenters. The van der Waals surface area contributed by atoms with Gasteiger partial charge in [0.1, 0.15) is 84.5 Å². The van der Waals surface area contributed by atoms with Gasteiger partial charge in [0.15, 0.2) is 6.29 Å². The third-order valence-corrected chi connectivity index (χ3v) is 18.1. The van der Waals surface area contributed by atoms with Gasteiger partial charge in [0.05, 0.1) is 37.9 Å². The Kier molecular flexibility index (Phi) is 31.1. The summed E-state index contributed by atoms with van der Waals surface area (Å²) in [7, 11) is 0. The van der Waals surface area contributed by atoms with Gasteiger partial charge in [0, 0.05) is 44.8 Å². The Bertz CT molecular complexity index is 3630. The van der Waals surface area contributed by atoms with Crippen LogP contribution in [0.15, 0.2) is 91.1 Å². The molecule has 4 heterocycles. The highest BCUT2D eigenvalue weighted by Gasteiger charge is 2.45. The van der Waals surface area contributed by atoms with Crippen molar-refractivity contribution in [1.29, 1.82) is 0 Å². The lowest BCUT2D eigenvalue weighted by Gasteiger charge is -2.40. The number of nitrogens with zero attached hydrogens (tertiary/aromatic N) is 4. The minimum absolute atomic E-state index is 0.00738. The molecule has 7 rings (SSSR count). The Hall–Kier alpha value is -10.0. The van der Waals surface area contributed by atoms with E-state index in [-0.39, 0.29) is 88.5 Å². The Morgan fingerprint density at radius 2 is 1.10 bits per heavy atom. The molecule has 3 aliphatic rings. The summed E-state index contributed by atoms with van der Waals surface area (Å²) in [5.74, 6) is -12.8. The summed E-state index contributed by atoms with van der Waals surface area (Å²) in [4.78, 5) is 176. The number of carbonyl (C=O) groups is 12. The van der Waals surface area contributed by atoms with Crippen molar-refractivity contribution in [2.75, 3.05) is 26.3 Å². The number of fused-ring (bicyclic) bond motifs is 1. The predicted molar refractivity (Wildman–Crippen MR) is 374 cm³/mol. The summed E-state index contributed by atoms with van der Waals surface area (Å²) < 4.78 is 12.6. The van der Waals surface area contributed by atoms with Crippen LogP contribution in [0.4, 0.5) is 0 Å². The highest BCUT2D eigenvalue weighted by atomic mass is 16.7. The van der Waals surface area contributed by atoms with Gasteiger partial charge in [-0.15, -0.1) is 5.10 Å². The number of amides is 12. The van der Waals surface area contributed by atoms with Crippen LogP contribution in [0, 0.1) is 11.8 Å². The molecule has 21 N–H and O–H groups in total. The number of aromatic hydroxyl groups is 1. The van der Waals surface area contributed by atoms with Crippen molar-refractivity contribution in [2.24, 2.45) is 34.8 Å². The van der Waals surface area contributed by atoms with Crippen LogP contribution in [-0.2, 0) is 99.2 Å². The second kappa shape index (κ2) is 39.7. The molecule has 0 aliphatic carbocycles. The number of hydrogen-bond acceptors (Lipinski definition) is 22. The molecular formula is C70H99N17O18. The monoisotopic (exact) mass is 1470 g/mol. The number of primary amides is 2. The summed E-state index contributed by atoms with van der Waals surface area (Å²) in [6, 6.07) is 5.84. The number of aliphatic hydroxyl groups excluding tert-OH is 3. The average Bonchev–Trinajstić information content (AvgIpc) is 1.59. The van der Waals surface area contributed by atoms with E-state index in [9.17, 15) is 58.8 Å². The van der Waals surface area contributed by atoms with Crippen molar-refractivity contribution in [1.82, 2.24) is 67.7 Å². The largest absolute Gasteiger partial charge is 0.508 e. The van der Waals surface area contributed by atoms with E-state index in [0.29, 0.717) is 23.1 Å². The van der Waals surface area contributed by atoms with Crippen LogP contribution in [0.25, 0.3) is 0 Å². The Morgan fingerprint density at radius 1 is 0.600 bits per heavy atom. The summed E-state index contributed by atoms with van der Waals surface area (Å²) in [5.41, 5.74) is 24.8. The zero-order chi connectivity index (χ0) is 76.6. The fraction of sp³-hybridized carbons (Fsp3) is 0.543. The maximum absolute atomic E-state index is 15.3. The molecule has 1 aromatic heterocycles. The zero-order valence-corrected chi connectivity index (χ0v) is 59.1. The molecular weight excluding hydrogens is 1370 g/mol. The van der Waals surface area contributed by atoms with Gasteiger partial charge in [-0.3, -0.25) is 57.5 Å². The quantitative estimate of drug-likeness (QED) is 0.0312. The normalized spacial score (nSPS) is 26.9. The van der Waals surface area contributed by atoms with Gasteiger partial charge >= 0.3 is 0 Å². The van der Waals surface area contributed by atoms with Gasteiger partial charge in [0.2, 0.25) is 70.9 Å². The van der Waals surface area contributed by atoms with Gasteiger partial charge in [-0.25, -0.2) is 4.68 Å². The van der Waals surface area contributed by atoms with Crippen molar-refractivity contribution in [3.05, 3.63) is 114 Å². The van der Waals surface area contributed by atoms with Gasteiger partial charge < -0.3 is 106 Å². The molecule has 35 heteroatoms. The first kappa shape index (κ1) is 82.2. The molecule has 12 amide bonds. The molecule has 572 valence electrons. The van der Waals surface area contributed by atoms with Crippen LogP contribution in [0.2, 0.25) is 0 Å². The molecule has 3 aliphatic heterocycles. The molecule has 3 aromatic carbocycles. The standard InChI is InChI=1S/C70H99N17O18/c1-37(2)29-46-62(96)82-51(32-40-15-9-6-10-16-40)69(103)87-26-12-18-52(87)67(101)81-47(30-39-13-7-5-8-14-39)63(97)79-49(33-42-35-86(85-84-42)27-28-104-70-56(74)59(93)58(92)53(36-88)105-70)64(98)80-50(34-55(73)91)65(99)75-45(23-24-54(72)90)61(95)78-48(31-41-19-21-43(89)22-20-41)66(100)83-57(38(3)4)68(102)76-44(17-11-25-71)60(94)77-46/h5-10,13-16,19-22,35,37-38,44-53,56-59,70,88-89,92-93H,11-12,17-18,23-34,36,71,74H2,1-4H3,(H2,72,90)(H2,73,91)(H,75,99)(H,76,102)(H,77,94)(H,78,95)(H,79,97)(H,80,98)(H,81,101)(H,82,96)(H,83,100)/t44-,45-,46-,47-,48-,49+,50-,51+,52-,53+,56+,57-,58+,59+,70+/m0/s1. The fourth-order valence-corrected chi connectivity index (χ4v) is 12.4. The Morgan fingerprint density at radius 3 is 1.67 bits per heavy atom. The number of aliphatic hydroxyl groups is 3. The molecule has 4 aromatic rings. The minimum Gasteiger partial charge on any atom is -0.508 e. The lowest BCUT2D eigenvalue weighted by molar-refractivity contribution is -0.266. The first-order chi connectivity index (χ1) is 50.0. The zero-order valence-electron chi connectivity index (χ0n) is 59.1. The molecule has 0 spiro atoms. The number of aromatic nitrogens is 3. The molecule has 0 radical (unpaired) electrons. The Labute approximate surface area is 606 Å². The highest BCUT2D eigenvalue weighted by Crippen LogP contribution is 2.24. The van der Waals surface area contributed by atoms with Gasteiger partial charge in [0.25, 0.3) is 0 Å². The summed E-state index contributed by atoms with van der Waals surface area (Å²) in [5, 5.41) is 72.9. The number of benzene rings is 3. The van der Waals surface area contributed by atoms with E-state index in [1.807, 2.05) is 0 Å². The van der Waals surface area contributed by atoms with Gasteiger partial charge in [-0.2, -0.15) is 0 Å². The van der Waals surface area contributed by atoms with Crippen LogP contribution in [0.5, 0.6) is 5.75 Å². The fourth-order valence-electron chi connectivity index (χ4n) is 12.4. The maximum Gasteiger partial charge on any atom is 0.246 e. The lowest BCUT2D eigenvalue weighted by Crippen LogP contribution is -2.62. The van der Waals surface area contributed by atoms with Crippen LogP contribution in [0.3, 0.4) is 0 Å². The van der Waals surface area contributed by atoms with Gasteiger partial charge in [-0.1, -0.05) is 106 Å². The summed E-state index contributed by atoms with van der Waals surface area (Å²) in [6.45, 7) is 5.90. The first-order valence-electron chi connectivity index (χ1n) is 35.1. The van der Waals surface area contributed by atoms with Crippen molar-refractivity contribution in [3.63, 3.8) is 0 Å². The average molecular weight is 1470 g/mol. The SMILES string of the molecule is CC(C)C[C@@H]1NC(=O)[C@H](CCCN)NC(=O)[C@H](C(C)C)NC(=O)[C@H](Cc2ccc(O)cc2)NC(=O)[C@H](CCC(N)=O)NC(=O)[C@H](CC(N)=O)NC(=O)[C@@H](Cc2cn(CCO[C@@H]3O[C@H](CO)[C@@H](O)[C@H](O)[C@H]3N)nn2)NC(=O)[C@H](Cc2ccccc2)NC(=O)[C@@H]2CCCN2C(=O)[C@@H](Cc2ccccc2)NC1=O. The Balaban J connectivity index is 1.31. The predicted octanol–water partition coefficient (Wildman–Crippen LogP) is -5.01. The van der Waals surface area contributed by atoms with Crippen LogP contribution < -0.4 is 70.8 Å². The van der Waals surface area contributed by atoms with Crippen LogP contribution >= 0.6 is 0 Å². The third kappa shape index (κ3) is 24.5. The van der Waals surface area contributed by atoms with E-state index in [1.165, 1.54) is 40.0 Å². The second-order valence-corrected chi connectivity index (χ2v) is 27.2. The van der Waals surface area contributed by atoms with Crippen molar-refractivity contribution in [2.45, 2.75) is 202 Å². The highest BCUT2D eigenvalue weighted by molar-refractivity contribution is 6.01. The topological polar surface area (TPSA) is 551 Å². The molecule has 105 heavy (non-hydrogen) atoms. The molecule has 0 bridgehead atoms. The number of carbonyl (C=O) groups excluding carboxylic acids is 12. The van der Waals surface area contributed by atoms with E-state index in [2.05, 4.69) is 58.2 Å². The number of hydrogen-bond donors (Lipinski definition) is 17. The summed E-state index contributed by atoms with van der Waals surface area (Å²) in [6.07, 6.45) is -6.94. The number of rotatable bonds is 24. The van der Waals surface area contributed by atoms with Crippen molar-refractivity contribution in [3.8, 4) is 5.75 Å². The summed E-state index contributed by atoms with van der Waals surface area (Å²) >= 11 is 0. The van der Waals surface area contributed by atoms with Crippen molar-refractivity contribution >= 4 is 70.9 Å². The van der Waals surface area contributed by atoms with E-state index < -0.39 is 200 Å².